The van der Waals surface area contributed by atoms with E-state index >= 15 is 0 Å². The molecule has 28 heavy (non-hydrogen) atoms. The molecule has 1 aliphatic rings. The zero-order chi connectivity index (χ0) is 20.1. The number of nitrogens with one attached hydrogen (secondary N) is 1. The van der Waals surface area contributed by atoms with Crippen molar-refractivity contribution < 1.29 is 19.0 Å². The molecule has 150 valence electrons. The van der Waals surface area contributed by atoms with Crippen LogP contribution in [0.4, 0.5) is 4.39 Å². The van der Waals surface area contributed by atoms with Gasteiger partial charge in [0.2, 0.25) is 0 Å². The molecular weight excluding hydrogens is 361 g/mol. The van der Waals surface area contributed by atoms with Crippen molar-refractivity contribution in [1.29, 1.82) is 0 Å². The number of halogens is 1. The number of phenolic OH excluding ortho intramolecular Hbond substituents is 1. The van der Waals surface area contributed by atoms with Gasteiger partial charge in [-0.3, -0.25) is 4.99 Å². The van der Waals surface area contributed by atoms with Crippen LogP contribution in [0.1, 0.15) is 23.5 Å². The molecule has 1 atom stereocenters. The number of ether oxygens (including phenoxy) is 2. The first-order valence-electron chi connectivity index (χ1n) is 9.20. The Bertz CT molecular complexity index is 835. The first-order valence-corrected chi connectivity index (χ1v) is 9.20. The Morgan fingerprint density at radius 2 is 1.93 bits per heavy atom. The summed E-state index contributed by atoms with van der Waals surface area (Å²) in [6.45, 7) is 2.12. The average Bonchev–Trinajstić information content (AvgIpc) is 3.20. The average molecular weight is 387 g/mol. The quantitative estimate of drug-likeness (QED) is 0.610. The lowest BCUT2D eigenvalue weighted by Gasteiger charge is -2.22. The number of rotatable bonds is 5. The number of aliphatic imine (C=N–C) groups is 1. The highest BCUT2D eigenvalue weighted by Gasteiger charge is 2.27. The third kappa shape index (κ3) is 4.47. The molecule has 2 N–H and O–H groups in total. The molecule has 0 saturated carbocycles. The van der Waals surface area contributed by atoms with Crippen LogP contribution in [0.15, 0.2) is 41.4 Å². The number of benzene rings is 2. The first kappa shape index (κ1) is 19.8. The lowest BCUT2D eigenvalue weighted by Crippen LogP contribution is -2.39. The van der Waals surface area contributed by atoms with Crippen molar-refractivity contribution in [3.8, 4) is 17.2 Å². The zero-order valence-electron chi connectivity index (χ0n) is 16.4. The van der Waals surface area contributed by atoms with Gasteiger partial charge in [-0.1, -0.05) is 6.07 Å². The van der Waals surface area contributed by atoms with Crippen molar-refractivity contribution in [3.63, 3.8) is 0 Å². The van der Waals surface area contributed by atoms with Gasteiger partial charge in [-0.25, -0.2) is 4.39 Å². The fourth-order valence-electron chi connectivity index (χ4n) is 3.46. The highest BCUT2D eigenvalue weighted by molar-refractivity contribution is 5.80. The van der Waals surface area contributed by atoms with Gasteiger partial charge in [0, 0.05) is 38.7 Å². The van der Waals surface area contributed by atoms with Crippen LogP contribution in [-0.4, -0.2) is 50.3 Å². The van der Waals surface area contributed by atoms with Crippen molar-refractivity contribution in [3.05, 3.63) is 53.3 Å². The molecule has 0 spiro atoms. The topological polar surface area (TPSA) is 66.3 Å². The van der Waals surface area contributed by atoms with Crippen molar-refractivity contribution in [2.75, 3.05) is 34.4 Å². The van der Waals surface area contributed by atoms with Gasteiger partial charge >= 0.3 is 0 Å². The number of aromatic hydroxyl groups is 1. The molecule has 0 aliphatic carbocycles. The summed E-state index contributed by atoms with van der Waals surface area (Å²) in [7, 11) is 5.04. The van der Waals surface area contributed by atoms with E-state index in [4.69, 9.17) is 9.47 Å². The van der Waals surface area contributed by atoms with E-state index in [-0.39, 0.29) is 5.75 Å². The van der Waals surface area contributed by atoms with E-state index < -0.39 is 5.82 Å². The fraction of sp³-hybridized carbons (Fsp3) is 0.381. The highest BCUT2D eigenvalue weighted by Crippen LogP contribution is 2.33. The molecule has 0 radical (unpaired) electrons. The summed E-state index contributed by atoms with van der Waals surface area (Å²) < 4.78 is 24.3. The van der Waals surface area contributed by atoms with Crippen LogP contribution in [0.3, 0.4) is 0 Å². The van der Waals surface area contributed by atoms with Crippen LogP contribution in [0.5, 0.6) is 17.2 Å². The van der Waals surface area contributed by atoms with Crippen LogP contribution in [-0.2, 0) is 6.54 Å². The number of guanidine groups is 1. The van der Waals surface area contributed by atoms with Crippen LogP contribution in [0.2, 0.25) is 0 Å². The van der Waals surface area contributed by atoms with E-state index in [1.165, 1.54) is 17.7 Å². The molecular formula is C21H26FN3O3. The van der Waals surface area contributed by atoms with Gasteiger partial charge in [0.05, 0.1) is 14.2 Å². The normalized spacial score (nSPS) is 16.9. The molecule has 7 heteroatoms. The largest absolute Gasteiger partial charge is 0.505 e. The number of likely N-dealkylation sites (tertiary alicyclic amines) is 1. The number of methoxy groups -OCH3 is 2. The van der Waals surface area contributed by atoms with Crippen LogP contribution in [0.25, 0.3) is 0 Å². The Hall–Kier alpha value is -2.96. The Balaban J connectivity index is 1.65. The van der Waals surface area contributed by atoms with Crippen molar-refractivity contribution >= 4 is 5.96 Å². The molecule has 0 bridgehead atoms. The van der Waals surface area contributed by atoms with E-state index in [2.05, 4.69) is 15.2 Å². The van der Waals surface area contributed by atoms with E-state index in [0.717, 1.165) is 42.5 Å². The summed E-state index contributed by atoms with van der Waals surface area (Å²) in [5.41, 5.74) is 1.92. The predicted molar refractivity (Wildman–Crippen MR) is 107 cm³/mol. The van der Waals surface area contributed by atoms with Crippen LogP contribution >= 0.6 is 0 Å². The van der Waals surface area contributed by atoms with Gasteiger partial charge in [-0.15, -0.1) is 0 Å². The van der Waals surface area contributed by atoms with Crippen molar-refractivity contribution in [2.24, 2.45) is 4.99 Å². The maximum Gasteiger partial charge on any atom is 0.193 e. The zero-order valence-corrected chi connectivity index (χ0v) is 16.4. The Morgan fingerprint density at radius 3 is 2.54 bits per heavy atom. The SMILES string of the molecule is CN=C(NCc1ccc(O)c(F)c1)N1CCC(c2cc(OC)cc(OC)c2)C1. The minimum absolute atomic E-state index is 0.341. The standard InChI is InChI=1S/C21H26FN3O3/c1-23-21(24-12-14-4-5-20(26)19(22)8-14)25-7-6-15(13-25)16-9-17(27-2)11-18(10-16)28-3/h4-5,8-11,15,26H,6-7,12-13H2,1-3H3,(H,23,24). The Kier molecular flexibility index (Phi) is 6.23. The van der Waals surface area contributed by atoms with Gasteiger partial charge in [0.25, 0.3) is 0 Å². The molecule has 6 nitrogen and oxygen atoms in total. The van der Waals surface area contributed by atoms with E-state index in [1.807, 2.05) is 18.2 Å². The second-order valence-electron chi connectivity index (χ2n) is 6.76. The summed E-state index contributed by atoms with van der Waals surface area (Å²) in [6, 6.07) is 10.3. The molecule has 1 aliphatic heterocycles. The molecule has 1 heterocycles. The Morgan fingerprint density at radius 1 is 1.21 bits per heavy atom. The Labute approximate surface area is 164 Å². The van der Waals surface area contributed by atoms with E-state index in [0.29, 0.717) is 12.5 Å². The van der Waals surface area contributed by atoms with Crippen LogP contribution < -0.4 is 14.8 Å². The second-order valence-corrected chi connectivity index (χ2v) is 6.76. The lowest BCUT2D eigenvalue weighted by atomic mass is 9.98. The molecule has 1 fully saturated rings. The van der Waals surface area contributed by atoms with Gasteiger partial charge in [-0.05, 0) is 41.8 Å². The smallest absolute Gasteiger partial charge is 0.193 e. The lowest BCUT2D eigenvalue weighted by molar-refractivity contribution is 0.392. The van der Waals surface area contributed by atoms with Crippen LogP contribution in [0, 0.1) is 5.82 Å². The second kappa shape index (κ2) is 8.82. The van der Waals surface area contributed by atoms with Gasteiger partial charge in [0.15, 0.2) is 17.5 Å². The summed E-state index contributed by atoms with van der Waals surface area (Å²) in [5, 5.41) is 12.6. The molecule has 2 aromatic rings. The van der Waals surface area contributed by atoms with Crippen molar-refractivity contribution in [1.82, 2.24) is 10.2 Å². The summed E-state index contributed by atoms with van der Waals surface area (Å²) in [6.07, 6.45) is 0.991. The maximum absolute atomic E-state index is 13.5. The van der Waals surface area contributed by atoms with E-state index in [1.54, 1.807) is 27.3 Å². The van der Waals surface area contributed by atoms with E-state index in [9.17, 15) is 9.50 Å². The summed E-state index contributed by atoms with van der Waals surface area (Å²) >= 11 is 0. The third-order valence-electron chi connectivity index (χ3n) is 5.01. The fourth-order valence-corrected chi connectivity index (χ4v) is 3.46. The first-order chi connectivity index (χ1) is 13.5. The maximum atomic E-state index is 13.5. The highest BCUT2D eigenvalue weighted by atomic mass is 19.1. The predicted octanol–water partition coefficient (Wildman–Crippen LogP) is 3.11. The minimum atomic E-state index is -0.623. The molecule has 0 aromatic heterocycles. The molecule has 3 rings (SSSR count). The summed E-state index contributed by atoms with van der Waals surface area (Å²) in [5.74, 6) is 1.71. The molecule has 2 aromatic carbocycles. The third-order valence-corrected chi connectivity index (χ3v) is 5.01. The number of hydrogen-bond acceptors (Lipinski definition) is 4. The summed E-state index contributed by atoms with van der Waals surface area (Å²) in [4.78, 5) is 6.55. The van der Waals surface area contributed by atoms with Gasteiger partial charge in [-0.2, -0.15) is 0 Å². The minimum Gasteiger partial charge on any atom is -0.505 e. The van der Waals surface area contributed by atoms with Gasteiger partial charge in [0.1, 0.15) is 11.5 Å². The molecule has 0 amide bonds. The number of hydrogen-bond donors (Lipinski definition) is 2. The monoisotopic (exact) mass is 387 g/mol. The number of phenols is 1. The molecule has 1 saturated heterocycles. The van der Waals surface area contributed by atoms with Crippen molar-refractivity contribution in [2.45, 2.75) is 18.9 Å². The molecule has 1 unspecified atom stereocenters. The van der Waals surface area contributed by atoms with Gasteiger partial charge < -0.3 is 24.8 Å². The number of nitrogens with zero attached hydrogens (tertiary/aromatic N) is 2.